The van der Waals surface area contributed by atoms with Crippen molar-refractivity contribution >= 4 is 11.6 Å². The van der Waals surface area contributed by atoms with Gasteiger partial charge in [-0.1, -0.05) is 44.7 Å². The van der Waals surface area contributed by atoms with E-state index in [1.54, 1.807) is 0 Å². The van der Waals surface area contributed by atoms with Gasteiger partial charge < -0.3 is 0 Å². The van der Waals surface area contributed by atoms with Crippen molar-refractivity contribution in [2.24, 2.45) is 0 Å². The zero-order chi connectivity index (χ0) is 10.6. The first kappa shape index (κ1) is 11.1. The molecule has 0 aliphatic carbocycles. The normalized spacial score (nSPS) is 10.6. The molecule has 0 unspecified atom stereocenters. The molecule has 0 radical (unpaired) electrons. The second-order valence-electron chi connectivity index (χ2n) is 4.26. The molecule has 0 fully saturated rings. The van der Waals surface area contributed by atoms with Gasteiger partial charge in [0.2, 0.25) is 0 Å². The Labute approximate surface area is 91.3 Å². The van der Waals surface area contributed by atoms with Crippen LogP contribution >= 0.6 is 11.6 Å². The molecule has 74 valence electrons. The van der Waals surface area contributed by atoms with Crippen LogP contribution in [0.2, 0.25) is 0 Å². The summed E-state index contributed by atoms with van der Waals surface area (Å²) in [5, 5.41) is 0. The SMILES string of the molecule is CC(C)(C)c1ccc(C#CCCl)cc1. The van der Waals surface area contributed by atoms with E-state index in [1.807, 2.05) is 12.1 Å². The van der Waals surface area contributed by atoms with E-state index in [1.165, 1.54) is 5.56 Å². The van der Waals surface area contributed by atoms with Crippen molar-refractivity contribution in [1.82, 2.24) is 0 Å². The fourth-order valence-corrected chi connectivity index (χ4v) is 1.26. The minimum Gasteiger partial charge on any atom is -0.113 e. The molecule has 14 heavy (non-hydrogen) atoms. The van der Waals surface area contributed by atoms with Crippen LogP contribution in [0.1, 0.15) is 31.9 Å². The van der Waals surface area contributed by atoms with Crippen LogP contribution < -0.4 is 0 Å². The first-order valence-corrected chi connectivity index (χ1v) is 5.23. The Balaban J connectivity index is 2.89. The molecule has 0 bridgehead atoms. The van der Waals surface area contributed by atoms with Crippen LogP contribution in [0.3, 0.4) is 0 Å². The molecule has 1 aromatic rings. The quantitative estimate of drug-likeness (QED) is 0.450. The predicted octanol–water partition coefficient (Wildman–Crippen LogP) is 3.57. The van der Waals surface area contributed by atoms with E-state index < -0.39 is 0 Å². The second-order valence-corrected chi connectivity index (χ2v) is 4.53. The molecule has 0 nitrogen and oxygen atoms in total. The molecule has 0 spiro atoms. The van der Waals surface area contributed by atoms with Gasteiger partial charge in [-0.15, -0.1) is 11.6 Å². The van der Waals surface area contributed by atoms with Gasteiger partial charge in [-0.05, 0) is 23.1 Å². The summed E-state index contributed by atoms with van der Waals surface area (Å²) in [7, 11) is 0. The molecule has 1 heteroatoms. The van der Waals surface area contributed by atoms with E-state index >= 15 is 0 Å². The Morgan fingerprint density at radius 2 is 1.71 bits per heavy atom. The zero-order valence-corrected chi connectivity index (χ0v) is 9.65. The monoisotopic (exact) mass is 206 g/mol. The molecule has 0 atom stereocenters. The van der Waals surface area contributed by atoms with E-state index in [9.17, 15) is 0 Å². The predicted molar refractivity (Wildman–Crippen MR) is 62.7 cm³/mol. The molecular weight excluding hydrogens is 192 g/mol. The molecule has 0 amide bonds. The number of hydrogen-bond acceptors (Lipinski definition) is 0. The number of alkyl halides is 1. The topological polar surface area (TPSA) is 0 Å². The van der Waals surface area contributed by atoms with Crippen molar-refractivity contribution in [1.29, 1.82) is 0 Å². The Morgan fingerprint density at radius 3 is 2.14 bits per heavy atom. The van der Waals surface area contributed by atoms with Gasteiger partial charge >= 0.3 is 0 Å². The Kier molecular flexibility index (Phi) is 3.61. The molecule has 1 rings (SSSR count). The van der Waals surface area contributed by atoms with Crippen LogP contribution in [0.25, 0.3) is 0 Å². The van der Waals surface area contributed by atoms with Crippen molar-refractivity contribution in [3.8, 4) is 11.8 Å². The maximum absolute atomic E-state index is 5.48. The van der Waals surface area contributed by atoms with Gasteiger partial charge in [-0.3, -0.25) is 0 Å². The number of rotatable bonds is 0. The van der Waals surface area contributed by atoms with Crippen LogP contribution in [0.15, 0.2) is 24.3 Å². The Hall–Kier alpha value is -0.930. The molecule has 0 N–H and O–H groups in total. The fraction of sp³-hybridized carbons (Fsp3) is 0.385. The van der Waals surface area contributed by atoms with Crippen LogP contribution in [0, 0.1) is 11.8 Å². The summed E-state index contributed by atoms with van der Waals surface area (Å²) in [6.07, 6.45) is 0. The van der Waals surface area contributed by atoms with Crippen LogP contribution in [-0.2, 0) is 5.41 Å². The highest BCUT2D eigenvalue weighted by Crippen LogP contribution is 2.21. The highest BCUT2D eigenvalue weighted by Gasteiger charge is 2.12. The van der Waals surface area contributed by atoms with E-state index in [0.29, 0.717) is 5.88 Å². The fourth-order valence-electron chi connectivity index (χ4n) is 1.19. The molecule has 0 heterocycles. The van der Waals surface area contributed by atoms with E-state index in [-0.39, 0.29) is 5.41 Å². The van der Waals surface area contributed by atoms with Crippen molar-refractivity contribution in [3.63, 3.8) is 0 Å². The maximum Gasteiger partial charge on any atom is 0.0839 e. The van der Waals surface area contributed by atoms with Gasteiger partial charge in [0.25, 0.3) is 0 Å². The summed E-state index contributed by atoms with van der Waals surface area (Å²) in [6, 6.07) is 8.33. The van der Waals surface area contributed by atoms with Crippen molar-refractivity contribution in [3.05, 3.63) is 35.4 Å². The van der Waals surface area contributed by atoms with Crippen molar-refractivity contribution < 1.29 is 0 Å². The largest absolute Gasteiger partial charge is 0.113 e. The molecule has 0 saturated heterocycles. The first-order valence-electron chi connectivity index (χ1n) is 4.69. The lowest BCUT2D eigenvalue weighted by Crippen LogP contribution is -2.10. The van der Waals surface area contributed by atoms with Gasteiger partial charge in [0.15, 0.2) is 0 Å². The average molecular weight is 207 g/mol. The number of halogens is 1. The van der Waals surface area contributed by atoms with E-state index in [0.717, 1.165) is 5.56 Å². The third-order valence-corrected chi connectivity index (χ3v) is 2.18. The number of hydrogen-bond donors (Lipinski definition) is 0. The smallest absolute Gasteiger partial charge is 0.0839 e. The van der Waals surface area contributed by atoms with Gasteiger partial charge in [0, 0.05) is 5.56 Å². The van der Waals surface area contributed by atoms with Crippen LogP contribution in [0.4, 0.5) is 0 Å². The Bertz CT molecular complexity index is 344. The summed E-state index contributed by atoms with van der Waals surface area (Å²) >= 11 is 5.48. The molecule has 0 aromatic heterocycles. The standard InChI is InChI=1S/C13H15Cl/c1-13(2,3)12-8-6-11(7-9-12)5-4-10-14/h6-9H,10H2,1-3H3. The summed E-state index contributed by atoms with van der Waals surface area (Å²) in [4.78, 5) is 0. The minimum absolute atomic E-state index is 0.207. The van der Waals surface area contributed by atoms with Crippen molar-refractivity contribution in [2.45, 2.75) is 26.2 Å². The minimum atomic E-state index is 0.207. The lowest BCUT2D eigenvalue weighted by molar-refractivity contribution is 0.590. The third-order valence-electron chi connectivity index (χ3n) is 2.05. The highest BCUT2D eigenvalue weighted by atomic mass is 35.5. The first-order chi connectivity index (χ1) is 6.54. The van der Waals surface area contributed by atoms with E-state index in [2.05, 4.69) is 44.7 Å². The summed E-state index contributed by atoms with van der Waals surface area (Å²) in [5.41, 5.74) is 2.56. The molecule has 0 saturated carbocycles. The highest BCUT2D eigenvalue weighted by molar-refractivity contribution is 6.19. The lowest BCUT2D eigenvalue weighted by Gasteiger charge is -2.18. The summed E-state index contributed by atoms with van der Waals surface area (Å²) in [6.45, 7) is 6.60. The number of benzene rings is 1. The van der Waals surface area contributed by atoms with Gasteiger partial charge in [-0.2, -0.15) is 0 Å². The molecular formula is C13H15Cl. The summed E-state index contributed by atoms with van der Waals surface area (Å²) < 4.78 is 0. The molecule has 1 aromatic carbocycles. The van der Waals surface area contributed by atoms with E-state index in [4.69, 9.17) is 11.6 Å². The van der Waals surface area contributed by atoms with Gasteiger partial charge in [0.05, 0.1) is 5.88 Å². The van der Waals surface area contributed by atoms with Crippen LogP contribution in [-0.4, -0.2) is 5.88 Å². The van der Waals surface area contributed by atoms with Gasteiger partial charge in [0.1, 0.15) is 0 Å². The second kappa shape index (κ2) is 4.53. The average Bonchev–Trinajstić information content (AvgIpc) is 2.14. The zero-order valence-electron chi connectivity index (χ0n) is 8.89. The maximum atomic E-state index is 5.48. The Morgan fingerprint density at radius 1 is 1.14 bits per heavy atom. The molecule has 0 aliphatic heterocycles. The third kappa shape index (κ3) is 3.09. The van der Waals surface area contributed by atoms with Crippen LogP contribution in [0.5, 0.6) is 0 Å². The summed E-state index contributed by atoms with van der Waals surface area (Å²) in [5.74, 6) is 6.22. The lowest BCUT2D eigenvalue weighted by atomic mass is 9.87. The molecule has 0 aliphatic rings. The van der Waals surface area contributed by atoms with Gasteiger partial charge in [-0.25, -0.2) is 0 Å². The van der Waals surface area contributed by atoms with Crippen molar-refractivity contribution in [2.75, 3.05) is 5.88 Å².